The molecule has 8 heteroatoms. The molecule has 0 aliphatic heterocycles. The standard InChI is InChI=1S/C13H9F4NO3/c14-9-5-8(7-19)12(18-6-9)20-10-3-1-2-4-11(10)21-13(15,16)17/h1-6,19H,7H2. The summed E-state index contributed by atoms with van der Waals surface area (Å²) in [4.78, 5) is 3.59. The number of benzene rings is 1. The van der Waals surface area contributed by atoms with Crippen molar-refractivity contribution in [2.24, 2.45) is 0 Å². The molecule has 21 heavy (non-hydrogen) atoms. The van der Waals surface area contributed by atoms with E-state index in [1.165, 1.54) is 18.2 Å². The first kappa shape index (κ1) is 15.0. The lowest BCUT2D eigenvalue weighted by Crippen LogP contribution is -2.17. The van der Waals surface area contributed by atoms with Gasteiger partial charge < -0.3 is 14.6 Å². The van der Waals surface area contributed by atoms with E-state index in [4.69, 9.17) is 9.84 Å². The maximum atomic E-state index is 13.0. The number of aromatic nitrogens is 1. The van der Waals surface area contributed by atoms with Crippen LogP contribution in [0.3, 0.4) is 0 Å². The first-order valence-electron chi connectivity index (χ1n) is 5.67. The van der Waals surface area contributed by atoms with E-state index in [1.54, 1.807) is 0 Å². The molecule has 0 unspecified atom stereocenters. The van der Waals surface area contributed by atoms with Gasteiger partial charge in [0.15, 0.2) is 11.5 Å². The summed E-state index contributed by atoms with van der Waals surface area (Å²) in [5.41, 5.74) is -0.00295. The second-order valence-electron chi connectivity index (χ2n) is 3.87. The highest BCUT2D eigenvalue weighted by atomic mass is 19.4. The van der Waals surface area contributed by atoms with Crippen molar-refractivity contribution in [2.45, 2.75) is 13.0 Å². The largest absolute Gasteiger partial charge is 0.573 e. The first-order valence-corrected chi connectivity index (χ1v) is 5.67. The zero-order valence-corrected chi connectivity index (χ0v) is 10.4. The summed E-state index contributed by atoms with van der Waals surface area (Å²) in [6.45, 7) is -0.581. The minimum absolute atomic E-state index is 0.00295. The van der Waals surface area contributed by atoms with Gasteiger partial charge >= 0.3 is 6.36 Å². The summed E-state index contributed by atoms with van der Waals surface area (Å²) in [5.74, 6) is -1.74. The molecule has 112 valence electrons. The third-order valence-corrected chi connectivity index (χ3v) is 2.34. The van der Waals surface area contributed by atoms with Crippen molar-refractivity contribution in [1.29, 1.82) is 0 Å². The molecule has 0 aliphatic carbocycles. The van der Waals surface area contributed by atoms with Crippen molar-refractivity contribution in [3.8, 4) is 17.4 Å². The SMILES string of the molecule is OCc1cc(F)cnc1Oc1ccccc1OC(F)(F)F. The van der Waals surface area contributed by atoms with Crippen LogP contribution in [-0.2, 0) is 6.61 Å². The number of ether oxygens (including phenoxy) is 2. The maximum Gasteiger partial charge on any atom is 0.573 e. The van der Waals surface area contributed by atoms with Crippen molar-refractivity contribution in [3.63, 3.8) is 0 Å². The number of hydrogen-bond acceptors (Lipinski definition) is 4. The number of pyridine rings is 1. The molecule has 1 heterocycles. The van der Waals surface area contributed by atoms with Crippen molar-refractivity contribution in [1.82, 2.24) is 4.98 Å². The lowest BCUT2D eigenvalue weighted by Gasteiger charge is -2.14. The molecule has 1 N–H and O–H groups in total. The fourth-order valence-electron chi connectivity index (χ4n) is 1.52. The van der Waals surface area contributed by atoms with Crippen molar-refractivity contribution in [2.75, 3.05) is 0 Å². The van der Waals surface area contributed by atoms with Gasteiger partial charge in [-0.3, -0.25) is 0 Å². The molecule has 0 radical (unpaired) electrons. The normalized spacial score (nSPS) is 11.3. The Kier molecular flexibility index (Phi) is 4.27. The molecule has 4 nitrogen and oxygen atoms in total. The van der Waals surface area contributed by atoms with E-state index in [9.17, 15) is 17.6 Å². The zero-order valence-electron chi connectivity index (χ0n) is 10.4. The summed E-state index contributed by atoms with van der Waals surface area (Å²) in [5, 5.41) is 9.08. The fourth-order valence-corrected chi connectivity index (χ4v) is 1.52. The predicted octanol–water partition coefficient (Wildman–Crippen LogP) is 3.40. The number of aliphatic hydroxyl groups excluding tert-OH is 1. The van der Waals surface area contributed by atoms with E-state index < -0.39 is 24.5 Å². The number of aliphatic hydroxyl groups is 1. The van der Waals surface area contributed by atoms with Crippen LogP contribution in [0.15, 0.2) is 36.5 Å². The quantitative estimate of drug-likeness (QED) is 0.880. The van der Waals surface area contributed by atoms with Crippen molar-refractivity contribution >= 4 is 0 Å². The Balaban J connectivity index is 2.32. The average Bonchev–Trinajstić information content (AvgIpc) is 2.41. The molecule has 0 aliphatic rings. The van der Waals surface area contributed by atoms with Gasteiger partial charge in [-0.05, 0) is 18.2 Å². The van der Waals surface area contributed by atoms with Crippen LogP contribution in [-0.4, -0.2) is 16.5 Å². The number of hydrogen-bond donors (Lipinski definition) is 1. The van der Waals surface area contributed by atoms with Crippen LogP contribution in [0.2, 0.25) is 0 Å². The molecule has 0 saturated carbocycles. The predicted molar refractivity (Wildman–Crippen MR) is 63.3 cm³/mol. The van der Waals surface area contributed by atoms with E-state index in [0.717, 1.165) is 18.3 Å². The second kappa shape index (κ2) is 5.96. The fraction of sp³-hybridized carbons (Fsp3) is 0.154. The summed E-state index contributed by atoms with van der Waals surface area (Å²) in [7, 11) is 0. The number of nitrogens with zero attached hydrogens (tertiary/aromatic N) is 1. The van der Waals surface area contributed by atoms with Crippen molar-refractivity contribution in [3.05, 3.63) is 47.9 Å². The van der Waals surface area contributed by atoms with Crippen LogP contribution in [0.4, 0.5) is 17.6 Å². The van der Waals surface area contributed by atoms with Gasteiger partial charge in [-0.2, -0.15) is 0 Å². The highest BCUT2D eigenvalue weighted by Crippen LogP contribution is 2.35. The molecule has 2 aromatic rings. The van der Waals surface area contributed by atoms with Gasteiger partial charge in [0, 0.05) is 5.56 Å². The number of alkyl halides is 3. The lowest BCUT2D eigenvalue weighted by atomic mass is 10.3. The van der Waals surface area contributed by atoms with Crippen LogP contribution in [0, 0.1) is 5.82 Å². The Morgan fingerprint density at radius 3 is 2.43 bits per heavy atom. The molecule has 0 bridgehead atoms. The number of para-hydroxylation sites is 2. The second-order valence-corrected chi connectivity index (χ2v) is 3.87. The highest BCUT2D eigenvalue weighted by Gasteiger charge is 2.32. The Bertz CT molecular complexity index is 631. The maximum absolute atomic E-state index is 13.0. The van der Waals surface area contributed by atoms with Crippen LogP contribution in [0.1, 0.15) is 5.56 Å². The van der Waals surface area contributed by atoms with Gasteiger partial charge in [-0.1, -0.05) is 12.1 Å². The van der Waals surface area contributed by atoms with E-state index >= 15 is 0 Å². The molecular weight excluding hydrogens is 294 g/mol. The van der Waals surface area contributed by atoms with Gasteiger partial charge in [-0.15, -0.1) is 13.2 Å². The van der Waals surface area contributed by atoms with E-state index in [2.05, 4.69) is 9.72 Å². The minimum atomic E-state index is -4.88. The Morgan fingerprint density at radius 2 is 1.81 bits per heavy atom. The molecule has 1 aromatic carbocycles. The van der Waals surface area contributed by atoms with Crippen LogP contribution in [0.5, 0.6) is 17.4 Å². The smallest absolute Gasteiger partial charge is 0.435 e. The van der Waals surface area contributed by atoms with Gasteiger partial charge in [0.1, 0.15) is 5.82 Å². The summed E-state index contributed by atoms with van der Waals surface area (Å²) in [6, 6.07) is 6.02. The molecule has 0 spiro atoms. The van der Waals surface area contributed by atoms with Crippen LogP contribution >= 0.6 is 0 Å². The topological polar surface area (TPSA) is 51.6 Å². The van der Waals surface area contributed by atoms with Crippen LogP contribution < -0.4 is 9.47 Å². The van der Waals surface area contributed by atoms with Gasteiger partial charge in [0.2, 0.25) is 5.88 Å². The summed E-state index contributed by atoms with van der Waals surface area (Å²) >= 11 is 0. The zero-order chi connectivity index (χ0) is 15.5. The molecular formula is C13H9F4NO3. The molecule has 0 saturated heterocycles. The van der Waals surface area contributed by atoms with Gasteiger partial charge in [0.05, 0.1) is 12.8 Å². The van der Waals surface area contributed by atoms with Gasteiger partial charge in [0.25, 0.3) is 0 Å². The summed E-state index contributed by atoms with van der Waals surface area (Å²) in [6.07, 6.45) is -4.06. The molecule has 0 atom stereocenters. The number of halogens is 4. The van der Waals surface area contributed by atoms with Crippen LogP contribution in [0.25, 0.3) is 0 Å². The third kappa shape index (κ3) is 4.06. The minimum Gasteiger partial charge on any atom is -0.435 e. The van der Waals surface area contributed by atoms with Crippen molar-refractivity contribution < 1.29 is 32.1 Å². The van der Waals surface area contributed by atoms with E-state index in [0.29, 0.717) is 0 Å². The van der Waals surface area contributed by atoms with E-state index in [1.807, 2.05) is 0 Å². The number of rotatable bonds is 4. The molecule has 1 aromatic heterocycles. The lowest BCUT2D eigenvalue weighted by molar-refractivity contribution is -0.275. The Morgan fingerprint density at radius 1 is 1.14 bits per heavy atom. The van der Waals surface area contributed by atoms with E-state index in [-0.39, 0.29) is 17.2 Å². The average molecular weight is 303 g/mol. The monoisotopic (exact) mass is 303 g/mol. The third-order valence-electron chi connectivity index (χ3n) is 2.34. The summed E-state index contributed by atoms with van der Waals surface area (Å²) < 4.78 is 58.8. The Labute approximate surface area is 116 Å². The highest BCUT2D eigenvalue weighted by molar-refractivity contribution is 5.43. The molecule has 0 fully saturated rings. The Hall–Kier alpha value is -2.35. The molecule has 2 rings (SSSR count). The first-order chi connectivity index (χ1) is 9.89. The molecule has 0 amide bonds. The van der Waals surface area contributed by atoms with Gasteiger partial charge in [-0.25, -0.2) is 9.37 Å².